The number of aromatic hydroxyl groups is 1. The van der Waals surface area contributed by atoms with Gasteiger partial charge in [-0.15, -0.1) is 0 Å². The molecule has 1 amide bonds. The number of methoxy groups -OCH3 is 1. The lowest BCUT2D eigenvalue weighted by Gasteiger charge is -2.53. The molecule has 4 aromatic carbocycles. The smallest absolute Gasteiger partial charge is 0.219 e. The number of phenolic OH excluding ortho intramolecular Hbond substituents is 1. The number of aldehydes is 1. The molecule has 2 atom stereocenters. The van der Waals surface area contributed by atoms with Crippen molar-refractivity contribution in [3.63, 3.8) is 0 Å². The van der Waals surface area contributed by atoms with Crippen LogP contribution >= 0.6 is 0 Å². The van der Waals surface area contributed by atoms with E-state index >= 15 is 0 Å². The molecule has 0 radical (unpaired) electrons. The van der Waals surface area contributed by atoms with Gasteiger partial charge in [-0.3, -0.25) is 9.59 Å². The van der Waals surface area contributed by atoms with Gasteiger partial charge in [0.1, 0.15) is 36.0 Å². The van der Waals surface area contributed by atoms with Crippen molar-refractivity contribution in [3.05, 3.63) is 113 Å². The maximum absolute atomic E-state index is 13.6. The molecule has 8 rings (SSSR count). The third-order valence-electron chi connectivity index (χ3n) is 14.7. The number of hydrogen-bond donors (Lipinski definition) is 2. The Bertz CT molecular complexity index is 2160. The predicted molar refractivity (Wildman–Crippen MR) is 291 cm³/mol. The first-order valence-electron chi connectivity index (χ1n) is 27.0. The fraction of sp³-hybridized carbons (Fsp3) is 0.557. The molecule has 1 saturated carbocycles. The summed E-state index contributed by atoms with van der Waals surface area (Å²) in [6.07, 6.45) is 19.9. The van der Waals surface area contributed by atoms with Crippen molar-refractivity contribution in [1.82, 2.24) is 5.32 Å². The number of amides is 1. The highest BCUT2D eigenvalue weighted by molar-refractivity contribution is 5.99. The van der Waals surface area contributed by atoms with Crippen LogP contribution < -0.4 is 24.6 Å². The van der Waals surface area contributed by atoms with Gasteiger partial charge < -0.3 is 34.5 Å². The molecule has 9 nitrogen and oxygen atoms in total. The molecule has 2 aliphatic heterocycles. The number of rotatable bonds is 16. The number of carbonyl (C=O) groups excluding carboxylic acids is 3. The summed E-state index contributed by atoms with van der Waals surface area (Å²) in [6, 6.07) is 27.1. The molecular formula is C61H88FN3O6. The monoisotopic (exact) mass is 978 g/mol. The standard InChI is InChI=1S/C20H30FNO.C19H29NO2.C10H12O.C6H11NO2.C6H6/c1-4-15(2)11-16-13-20(14-16)7-9-22(10-8-20)18-12-17(21)5-6-19(18)23-3;1-5-9-18(21)16-10-11-17-19(15(16)8-4)22-13-14(7-3)20(17)12-6-2;11-10-6-5-8-3-1-2-4-9(8)7-10;1-7-6(9)4-2-3-5-8;1-2-4-6-5-3-1/h5-6,12,15-16H,4,7-11,13-14H2,1-3H3;10-11,14H,5-9,12-13H2,1-4H3;5-7,11H,1-4H2;5H,2-4H2,1H3,(H,7,9);1-6H. The maximum Gasteiger partial charge on any atom is 0.219 e. The molecule has 71 heavy (non-hydrogen) atoms. The molecule has 2 fully saturated rings. The first kappa shape index (κ1) is 58.2. The number of aryl methyl sites for hydroxylation is 2. The Labute approximate surface area is 427 Å². The SMILES string of the molecule is CCC(C)CC1CC2(CCN(c3cc(F)ccc3OC)CC2)C1.CCCC(=O)c1ccc2c(c1CC)OCC(CC)N2CCC.CNC(=O)CCCC=O.Oc1ccc2c(c1)CCCC2.c1ccccc1. The van der Waals surface area contributed by atoms with Crippen LogP contribution in [0.3, 0.4) is 0 Å². The van der Waals surface area contributed by atoms with Gasteiger partial charge in [-0.05, 0) is 155 Å². The summed E-state index contributed by atoms with van der Waals surface area (Å²) in [6.45, 7) is 17.1. The first-order chi connectivity index (χ1) is 34.4. The van der Waals surface area contributed by atoms with E-state index in [-0.39, 0.29) is 17.5 Å². The van der Waals surface area contributed by atoms with Crippen molar-refractivity contribution in [2.45, 2.75) is 163 Å². The third kappa shape index (κ3) is 18.0. The number of piperidine rings is 1. The summed E-state index contributed by atoms with van der Waals surface area (Å²) < 4.78 is 25.1. The predicted octanol–water partition coefficient (Wildman–Crippen LogP) is 13.9. The van der Waals surface area contributed by atoms with Crippen molar-refractivity contribution < 1.29 is 33.4 Å². The average Bonchev–Trinajstić information content (AvgIpc) is 3.39. The van der Waals surface area contributed by atoms with Gasteiger partial charge in [0.25, 0.3) is 0 Å². The number of hydrogen-bond acceptors (Lipinski definition) is 8. The Morgan fingerprint density at radius 1 is 0.887 bits per heavy atom. The lowest BCUT2D eigenvalue weighted by Crippen LogP contribution is -2.47. The van der Waals surface area contributed by atoms with Crippen molar-refractivity contribution in [1.29, 1.82) is 0 Å². The number of nitrogens with zero attached hydrogens (tertiary/aromatic N) is 2. The molecule has 2 N–H and O–H groups in total. The molecule has 2 aliphatic carbocycles. The van der Waals surface area contributed by atoms with Crippen LogP contribution in [0.2, 0.25) is 0 Å². The highest BCUT2D eigenvalue weighted by atomic mass is 19.1. The van der Waals surface area contributed by atoms with Gasteiger partial charge in [0.15, 0.2) is 5.78 Å². The zero-order valence-corrected chi connectivity index (χ0v) is 44.7. The summed E-state index contributed by atoms with van der Waals surface area (Å²) in [5, 5.41) is 11.7. The number of anilines is 2. The number of Topliss-reactive ketones (excluding diaryl/α,β-unsaturated/α-hetero) is 1. The summed E-state index contributed by atoms with van der Waals surface area (Å²) in [5.74, 6) is 4.01. The maximum atomic E-state index is 13.6. The van der Waals surface area contributed by atoms with Crippen LogP contribution in [0.15, 0.2) is 84.9 Å². The number of carbonyl (C=O) groups is 3. The number of nitrogens with one attached hydrogen (secondary N) is 1. The molecule has 2 unspecified atom stereocenters. The second kappa shape index (κ2) is 31.2. The molecule has 4 aliphatic rings. The largest absolute Gasteiger partial charge is 0.508 e. The molecule has 0 bridgehead atoms. The lowest BCUT2D eigenvalue weighted by molar-refractivity contribution is -0.120. The number of benzene rings is 4. The number of phenols is 1. The zero-order chi connectivity index (χ0) is 51.6. The Morgan fingerprint density at radius 2 is 1.56 bits per heavy atom. The molecule has 2 heterocycles. The van der Waals surface area contributed by atoms with Gasteiger partial charge in [-0.25, -0.2) is 4.39 Å². The number of ether oxygens (including phenoxy) is 2. The van der Waals surface area contributed by atoms with E-state index in [1.54, 1.807) is 32.4 Å². The summed E-state index contributed by atoms with van der Waals surface area (Å²) in [7, 11) is 3.25. The van der Waals surface area contributed by atoms with Crippen molar-refractivity contribution in [2.24, 2.45) is 17.3 Å². The summed E-state index contributed by atoms with van der Waals surface area (Å²) >= 11 is 0. The van der Waals surface area contributed by atoms with E-state index in [2.05, 4.69) is 55.8 Å². The van der Waals surface area contributed by atoms with Crippen LogP contribution in [0.4, 0.5) is 15.8 Å². The van der Waals surface area contributed by atoms with Gasteiger partial charge in [0.05, 0.1) is 24.5 Å². The fourth-order valence-corrected chi connectivity index (χ4v) is 10.5. The normalized spacial score (nSPS) is 16.7. The van der Waals surface area contributed by atoms with Crippen molar-refractivity contribution in [3.8, 4) is 17.2 Å². The van der Waals surface area contributed by atoms with Crippen molar-refractivity contribution >= 4 is 29.4 Å². The van der Waals surface area contributed by atoms with E-state index in [4.69, 9.17) is 9.47 Å². The van der Waals surface area contributed by atoms with Gasteiger partial charge in [-0.1, -0.05) is 90.4 Å². The van der Waals surface area contributed by atoms with Gasteiger partial charge in [0.2, 0.25) is 5.91 Å². The van der Waals surface area contributed by atoms with E-state index in [0.29, 0.717) is 42.9 Å². The average molecular weight is 978 g/mol. The number of halogens is 1. The van der Waals surface area contributed by atoms with Crippen LogP contribution in [-0.4, -0.2) is 69.5 Å². The molecular weight excluding hydrogens is 890 g/mol. The quantitative estimate of drug-likeness (QED) is 0.0649. The molecule has 1 saturated heterocycles. The number of fused-ring (bicyclic) bond motifs is 2. The minimum Gasteiger partial charge on any atom is -0.508 e. The topological polar surface area (TPSA) is 108 Å². The summed E-state index contributed by atoms with van der Waals surface area (Å²) in [5.41, 5.74) is 7.38. The van der Waals surface area contributed by atoms with Crippen molar-refractivity contribution in [2.75, 3.05) is 50.2 Å². The summed E-state index contributed by atoms with van der Waals surface area (Å²) in [4.78, 5) is 37.3. The van der Waals surface area contributed by atoms with E-state index < -0.39 is 0 Å². The molecule has 1 spiro atoms. The molecule has 4 aromatic rings. The highest BCUT2D eigenvalue weighted by Crippen LogP contribution is 2.55. The van der Waals surface area contributed by atoms with Gasteiger partial charge >= 0.3 is 0 Å². The van der Waals surface area contributed by atoms with E-state index in [0.717, 1.165) is 105 Å². The highest BCUT2D eigenvalue weighted by Gasteiger charge is 2.46. The van der Waals surface area contributed by atoms with Crippen LogP contribution in [0.1, 0.15) is 165 Å². The van der Waals surface area contributed by atoms with Gasteiger partial charge in [-0.2, -0.15) is 0 Å². The van der Waals surface area contributed by atoms with Crippen LogP contribution in [0.25, 0.3) is 0 Å². The molecule has 0 aromatic heterocycles. The lowest BCUT2D eigenvalue weighted by atomic mass is 9.56. The Morgan fingerprint density at radius 3 is 2.14 bits per heavy atom. The Balaban J connectivity index is 0.000000209. The van der Waals surface area contributed by atoms with E-state index in [9.17, 15) is 23.9 Å². The van der Waals surface area contributed by atoms with Crippen LogP contribution in [0, 0.1) is 23.1 Å². The van der Waals surface area contributed by atoms with Crippen LogP contribution in [-0.2, 0) is 28.9 Å². The number of unbranched alkanes of at least 4 members (excludes halogenated alkanes) is 1. The van der Waals surface area contributed by atoms with Crippen LogP contribution in [0.5, 0.6) is 17.2 Å². The molecule has 390 valence electrons. The van der Waals surface area contributed by atoms with E-state index in [1.807, 2.05) is 61.5 Å². The molecule has 10 heteroatoms. The minimum atomic E-state index is -0.182. The Hall–Kier alpha value is -5.38. The zero-order valence-electron chi connectivity index (χ0n) is 44.7. The second-order valence-corrected chi connectivity index (χ2v) is 19.9. The number of ketones is 1. The Kier molecular flexibility index (Phi) is 25.5. The van der Waals surface area contributed by atoms with Gasteiger partial charge in [0, 0.05) is 63.1 Å². The van der Waals surface area contributed by atoms with E-state index in [1.165, 1.54) is 80.7 Å². The fourth-order valence-electron chi connectivity index (χ4n) is 10.5. The first-order valence-corrected chi connectivity index (χ1v) is 27.0. The minimum absolute atomic E-state index is 0.00292. The third-order valence-corrected chi connectivity index (χ3v) is 14.7. The second-order valence-electron chi connectivity index (χ2n) is 19.9.